The first kappa shape index (κ1) is 18.2. The fraction of sp³-hybridized carbons (Fsp3) is 0.556. The van der Waals surface area contributed by atoms with E-state index in [0.717, 1.165) is 24.2 Å². The number of hydrogen-bond donors (Lipinski definition) is 1. The van der Waals surface area contributed by atoms with E-state index in [1.807, 2.05) is 31.2 Å². The molecule has 0 aliphatic rings. The summed E-state index contributed by atoms with van der Waals surface area (Å²) >= 11 is 0. The molecule has 0 atom stereocenters. The Morgan fingerprint density at radius 2 is 1.77 bits per heavy atom. The molecule has 22 heavy (non-hydrogen) atoms. The van der Waals surface area contributed by atoms with Crippen LogP contribution in [-0.2, 0) is 4.79 Å². The molecule has 0 fully saturated rings. The van der Waals surface area contributed by atoms with Crippen LogP contribution in [0.25, 0.3) is 0 Å². The minimum Gasteiger partial charge on any atom is -0.494 e. The summed E-state index contributed by atoms with van der Waals surface area (Å²) in [6.07, 6.45) is 9.29. The Bertz CT molecular complexity index is 441. The molecule has 0 aliphatic carbocycles. The zero-order valence-electron chi connectivity index (χ0n) is 13.8. The van der Waals surface area contributed by atoms with Gasteiger partial charge in [0.25, 0.3) is 0 Å². The average Bonchev–Trinajstić information content (AvgIpc) is 2.53. The Kier molecular flexibility index (Phi) is 9.75. The van der Waals surface area contributed by atoms with Crippen molar-refractivity contribution in [2.75, 3.05) is 6.61 Å². The summed E-state index contributed by atoms with van der Waals surface area (Å²) in [5, 5.41) is 3.98. The summed E-state index contributed by atoms with van der Waals surface area (Å²) in [5.41, 5.74) is 3.51. The van der Waals surface area contributed by atoms with Crippen molar-refractivity contribution in [3.8, 4) is 5.75 Å². The second-order valence-corrected chi connectivity index (χ2v) is 5.31. The number of carbonyl (C=O) groups is 1. The molecule has 4 heteroatoms. The number of unbranched alkanes of at least 4 members (excludes halogenated alkanes) is 5. The largest absolute Gasteiger partial charge is 0.494 e. The van der Waals surface area contributed by atoms with Gasteiger partial charge in [-0.25, -0.2) is 5.43 Å². The number of amides is 1. The Balaban J connectivity index is 2.17. The lowest BCUT2D eigenvalue weighted by Gasteiger charge is -2.02. The van der Waals surface area contributed by atoms with Crippen LogP contribution in [0, 0.1) is 0 Å². The Morgan fingerprint density at radius 3 is 2.45 bits per heavy atom. The van der Waals surface area contributed by atoms with E-state index in [2.05, 4.69) is 17.5 Å². The van der Waals surface area contributed by atoms with Gasteiger partial charge in [-0.15, -0.1) is 0 Å². The third-order valence-electron chi connectivity index (χ3n) is 3.35. The number of rotatable bonds is 11. The first-order chi connectivity index (χ1) is 10.8. The molecule has 0 aliphatic heterocycles. The van der Waals surface area contributed by atoms with Gasteiger partial charge in [0, 0.05) is 6.42 Å². The van der Waals surface area contributed by atoms with Crippen molar-refractivity contribution < 1.29 is 9.53 Å². The van der Waals surface area contributed by atoms with E-state index in [0.29, 0.717) is 13.0 Å². The van der Waals surface area contributed by atoms with E-state index in [4.69, 9.17) is 4.74 Å². The van der Waals surface area contributed by atoms with E-state index in [9.17, 15) is 4.79 Å². The third kappa shape index (κ3) is 8.45. The van der Waals surface area contributed by atoms with E-state index >= 15 is 0 Å². The molecule has 0 aromatic heterocycles. The Morgan fingerprint density at radius 1 is 1.09 bits per heavy atom. The molecule has 1 amide bonds. The van der Waals surface area contributed by atoms with Crippen LogP contribution in [0.15, 0.2) is 29.4 Å². The van der Waals surface area contributed by atoms with Gasteiger partial charge in [-0.1, -0.05) is 39.0 Å². The van der Waals surface area contributed by atoms with Crippen LogP contribution >= 0.6 is 0 Å². The van der Waals surface area contributed by atoms with Gasteiger partial charge in [0.2, 0.25) is 5.91 Å². The van der Waals surface area contributed by atoms with E-state index in [1.54, 1.807) is 6.21 Å². The standard InChI is InChI=1S/C18H28N2O2/c1-3-5-6-7-8-9-10-18(21)20-19-15-16-11-13-17(14-12-16)22-4-2/h11-15H,3-10H2,1-2H3,(H,20,21). The van der Waals surface area contributed by atoms with Crippen LogP contribution in [-0.4, -0.2) is 18.7 Å². The molecule has 1 rings (SSSR count). The highest BCUT2D eigenvalue weighted by atomic mass is 16.5. The topological polar surface area (TPSA) is 50.7 Å². The van der Waals surface area contributed by atoms with Gasteiger partial charge in [0.05, 0.1) is 12.8 Å². The van der Waals surface area contributed by atoms with Gasteiger partial charge in [-0.3, -0.25) is 4.79 Å². The molecule has 0 unspecified atom stereocenters. The number of nitrogens with zero attached hydrogens (tertiary/aromatic N) is 1. The van der Waals surface area contributed by atoms with Gasteiger partial charge in [-0.2, -0.15) is 5.10 Å². The number of carbonyl (C=O) groups excluding carboxylic acids is 1. The first-order valence-electron chi connectivity index (χ1n) is 8.31. The second-order valence-electron chi connectivity index (χ2n) is 5.31. The van der Waals surface area contributed by atoms with Crippen molar-refractivity contribution in [1.29, 1.82) is 0 Å². The molecule has 0 radical (unpaired) electrons. The van der Waals surface area contributed by atoms with E-state index in [1.165, 1.54) is 25.7 Å². The van der Waals surface area contributed by atoms with Crippen LogP contribution in [0.3, 0.4) is 0 Å². The summed E-state index contributed by atoms with van der Waals surface area (Å²) < 4.78 is 5.37. The number of ether oxygens (including phenoxy) is 1. The normalized spacial score (nSPS) is 10.8. The molecule has 0 bridgehead atoms. The highest BCUT2D eigenvalue weighted by molar-refractivity contribution is 5.82. The average molecular weight is 304 g/mol. The lowest BCUT2D eigenvalue weighted by atomic mass is 10.1. The quantitative estimate of drug-likeness (QED) is 0.377. The van der Waals surface area contributed by atoms with E-state index < -0.39 is 0 Å². The predicted octanol–water partition coefficient (Wildman–Crippen LogP) is 4.29. The number of hydrogen-bond acceptors (Lipinski definition) is 3. The van der Waals surface area contributed by atoms with Crippen molar-refractivity contribution in [2.45, 2.75) is 58.8 Å². The molecule has 0 saturated heterocycles. The minimum atomic E-state index is -0.0160. The van der Waals surface area contributed by atoms with Gasteiger partial charge in [-0.05, 0) is 43.2 Å². The Labute approximate surface area is 134 Å². The highest BCUT2D eigenvalue weighted by Crippen LogP contribution is 2.10. The molecule has 0 heterocycles. The smallest absolute Gasteiger partial charge is 0.240 e. The SMILES string of the molecule is CCCCCCCCC(=O)NN=Cc1ccc(OCC)cc1. The molecule has 4 nitrogen and oxygen atoms in total. The zero-order chi connectivity index (χ0) is 16.0. The van der Waals surface area contributed by atoms with Crippen LogP contribution < -0.4 is 10.2 Å². The maximum atomic E-state index is 11.6. The second kappa shape index (κ2) is 11.8. The minimum absolute atomic E-state index is 0.0160. The van der Waals surface area contributed by atoms with E-state index in [-0.39, 0.29) is 5.91 Å². The van der Waals surface area contributed by atoms with Crippen LogP contribution in [0.5, 0.6) is 5.75 Å². The van der Waals surface area contributed by atoms with Gasteiger partial charge in [0.15, 0.2) is 0 Å². The molecule has 122 valence electrons. The zero-order valence-corrected chi connectivity index (χ0v) is 13.8. The maximum Gasteiger partial charge on any atom is 0.240 e. The summed E-state index contributed by atoms with van der Waals surface area (Å²) in [7, 11) is 0. The fourth-order valence-corrected chi connectivity index (χ4v) is 2.12. The highest BCUT2D eigenvalue weighted by Gasteiger charge is 1.99. The lowest BCUT2D eigenvalue weighted by Crippen LogP contribution is -2.16. The third-order valence-corrected chi connectivity index (χ3v) is 3.35. The van der Waals surface area contributed by atoms with Crippen LogP contribution in [0.1, 0.15) is 64.4 Å². The summed E-state index contributed by atoms with van der Waals surface area (Å²) in [5.74, 6) is 0.824. The fourth-order valence-electron chi connectivity index (χ4n) is 2.12. The van der Waals surface area contributed by atoms with Crippen molar-refractivity contribution in [3.63, 3.8) is 0 Å². The van der Waals surface area contributed by atoms with Crippen molar-refractivity contribution >= 4 is 12.1 Å². The number of nitrogens with one attached hydrogen (secondary N) is 1. The van der Waals surface area contributed by atoms with Gasteiger partial charge >= 0.3 is 0 Å². The number of benzene rings is 1. The predicted molar refractivity (Wildman–Crippen MR) is 91.3 cm³/mol. The van der Waals surface area contributed by atoms with Crippen molar-refractivity contribution in [2.24, 2.45) is 5.10 Å². The summed E-state index contributed by atoms with van der Waals surface area (Å²) in [4.78, 5) is 11.6. The number of hydrazone groups is 1. The lowest BCUT2D eigenvalue weighted by molar-refractivity contribution is -0.121. The Hall–Kier alpha value is -1.84. The monoisotopic (exact) mass is 304 g/mol. The van der Waals surface area contributed by atoms with Gasteiger partial charge in [0.1, 0.15) is 5.75 Å². The van der Waals surface area contributed by atoms with Crippen molar-refractivity contribution in [1.82, 2.24) is 5.43 Å². The van der Waals surface area contributed by atoms with Crippen molar-refractivity contribution in [3.05, 3.63) is 29.8 Å². The first-order valence-corrected chi connectivity index (χ1v) is 8.31. The van der Waals surface area contributed by atoms with Crippen LogP contribution in [0.2, 0.25) is 0 Å². The molecular formula is C18H28N2O2. The summed E-state index contributed by atoms with van der Waals surface area (Å²) in [6, 6.07) is 7.61. The van der Waals surface area contributed by atoms with Crippen LogP contribution in [0.4, 0.5) is 0 Å². The molecule has 1 aromatic carbocycles. The molecule has 0 spiro atoms. The molecular weight excluding hydrogens is 276 g/mol. The molecule has 0 saturated carbocycles. The van der Waals surface area contributed by atoms with Gasteiger partial charge < -0.3 is 4.74 Å². The maximum absolute atomic E-state index is 11.6. The molecule has 1 N–H and O–H groups in total. The molecule has 1 aromatic rings. The summed E-state index contributed by atoms with van der Waals surface area (Å²) in [6.45, 7) is 4.81.